The van der Waals surface area contributed by atoms with Crippen LogP contribution in [0.15, 0.2) is 84.9 Å². The molecule has 3 aliphatic rings. The van der Waals surface area contributed by atoms with Gasteiger partial charge in [0.15, 0.2) is 11.9 Å². The van der Waals surface area contributed by atoms with Gasteiger partial charge in [0, 0.05) is 6.08 Å². The summed E-state index contributed by atoms with van der Waals surface area (Å²) in [5.41, 5.74) is -0.869. The predicted molar refractivity (Wildman–Crippen MR) is 242 cm³/mol. The van der Waals surface area contributed by atoms with E-state index in [9.17, 15) is 70.6 Å². The minimum Gasteiger partial charge on any atom is -0.462 e. The van der Waals surface area contributed by atoms with Crippen LogP contribution in [0.5, 0.6) is 11.5 Å². The fourth-order valence-corrected chi connectivity index (χ4v) is 7.99. The Balaban J connectivity index is 1.17. The highest BCUT2D eigenvalue weighted by atomic mass is 16.7. The van der Waals surface area contributed by atoms with E-state index in [2.05, 4.69) is 0 Å². The lowest BCUT2D eigenvalue weighted by Gasteiger charge is -2.43. The molecule has 72 heavy (non-hydrogen) atoms. The van der Waals surface area contributed by atoms with Gasteiger partial charge in [0.1, 0.15) is 105 Å². The zero-order chi connectivity index (χ0) is 52.3. The van der Waals surface area contributed by atoms with Gasteiger partial charge in [-0.25, -0.2) is 9.59 Å². The molecule has 396 valence electrons. The molecule has 0 radical (unpaired) electrons. The molecule has 3 heterocycles. The molecule has 3 fully saturated rings. The third-order valence-corrected chi connectivity index (χ3v) is 12.0. The monoisotopic (exact) mass is 1020 g/mol. The van der Waals surface area contributed by atoms with Gasteiger partial charge in [0.25, 0.3) is 0 Å². The maximum absolute atomic E-state index is 14.5. The molecule has 0 aromatic heterocycles. The van der Waals surface area contributed by atoms with Gasteiger partial charge in [-0.2, -0.15) is 0 Å². The lowest BCUT2D eigenvalue weighted by Crippen LogP contribution is -2.62. The van der Waals surface area contributed by atoms with E-state index in [-0.39, 0.29) is 24.5 Å². The van der Waals surface area contributed by atoms with Crippen molar-refractivity contribution in [2.75, 3.05) is 19.8 Å². The Hall–Kier alpha value is -5.19. The molecule has 23 nitrogen and oxygen atoms in total. The van der Waals surface area contributed by atoms with Crippen molar-refractivity contribution >= 4 is 24.0 Å². The van der Waals surface area contributed by atoms with Crippen molar-refractivity contribution in [3.63, 3.8) is 0 Å². The number of aliphatic hydroxyl groups is 11. The first-order valence-corrected chi connectivity index (χ1v) is 23.1. The summed E-state index contributed by atoms with van der Waals surface area (Å²) in [6, 6.07) is 20.4. The molecule has 3 saturated heterocycles. The van der Waals surface area contributed by atoms with Crippen LogP contribution < -0.4 is 9.47 Å². The topological polar surface area (TPSA) is 357 Å². The first-order valence-electron chi connectivity index (χ1n) is 23.1. The summed E-state index contributed by atoms with van der Waals surface area (Å²) >= 11 is 0. The van der Waals surface area contributed by atoms with Gasteiger partial charge in [-0.3, -0.25) is 4.79 Å². The zero-order valence-corrected chi connectivity index (χ0v) is 39.2. The summed E-state index contributed by atoms with van der Waals surface area (Å²) in [6.45, 7) is 0.596. The summed E-state index contributed by atoms with van der Waals surface area (Å²) in [7, 11) is 0. The second-order valence-electron chi connectivity index (χ2n) is 17.9. The Kier molecular flexibility index (Phi) is 20.0. The van der Waals surface area contributed by atoms with Crippen LogP contribution in [0.1, 0.15) is 43.4 Å². The second-order valence-corrected chi connectivity index (χ2v) is 17.9. The van der Waals surface area contributed by atoms with Crippen molar-refractivity contribution in [2.24, 2.45) is 5.92 Å². The molecule has 23 heteroatoms. The van der Waals surface area contributed by atoms with Gasteiger partial charge in [-0.1, -0.05) is 68.4 Å². The lowest BCUT2D eigenvalue weighted by atomic mass is 9.88. The zero-order valence-electron chi connectivity index (χ0n) is 39.2. The predicted octanol–water partition coefficient (Wildman–Crippen LogP) is -1.91. The van der Waals surface area contributed by atoms with Crippen LogP contribution in [0.3, 0.4) is 0 Å². The standard InChI is InChI=1S/C49H62O23/c1-25(2)18-49(48(63)66-23-28-10-15-30(16-11-28)68-46-43(61)40(58)37(55)32(21-51)70-46,72-47-44(62)41(59)38(56)33(71-47)24-65-34(52)17-12-26-6-4-3-5-7-26)19-35(53)64-22-27-8-13-29(14-9-27)67-45-42(60)39(57)36(54)31(20-50)69-45/h3-17,25,31-33,36-47,50-51,54-62H,18-24H2,1-2H3/t31-,32-,33-,36-,37-,38-,39+,40+,41+,42-,43-,44-,45-,46-,47+,49-/m1/s1. The van der Waals surface area contributed by atoms with Crippen molar-refractivity contribution in [3.8, 4) is 11.5 Å². The van der Waals surface area contributed by atoms with Crippen LogP contribution in [0.2, 0.25) is 0 Å². The van der Waals surface area contributed by atoms with Crippen molar-refractivity contribution in [1.29, 1.82) is 0 Å². The maximum atomic E-state index is 14.5. The highest BCUT2D eigenvalue weighted by molar-refractivity contribution is 5.87. The largest absolute Gasteiger partial charge is 0.462 e. The van der Waals surface area contributed by atoms with Crippen molar-refractivity contribution in [2.45, 2.75) is 138 Å². The molecule has 11 N–H and O–H groups in total. The third kappa shape index (κ3) is 14.3. The quantitative estimate of drug-likeness (QED) is 0.0315. The molecule has 0 saturated carbocycles. The van der Waals surface area contributed by atoms with Crippen LogP contribution in [-0.2, 0) is 60.8 Å². The molecule has 6 rings (SSSR count). The second kappa shape index (κ2) is 25.7. The summed E-state index contributed by atoms with van der Waals surface area (Å²) in [5.74, 6) is -3.18. The van der Waals surface area contributed by atoms with Gasteiger partial charge in [-0.05, 0) is 59.4 Å². The van der Waals surface area contributed by atoms with E-state index in [1.807, 2.05) is 0 Å². The molecular formula is C49H62O23. The van der Waals surface area contributed by atoms with Crippen LogP contribution in [-0.4, -0.2) is 192 Å². The smallest absolute Gasteiger partial charge is 0.339 e. The van der Waals surface area contributed by atoms with Gasteiger partial charge in [0.2, 0.25) is 12.6 Å². The van der Waals surface area contributed by atoms with Crippen LogP contribution >= 0.6 is 0 Å². The molecule has 3 aromatic rings. The minimum atomic E-state index is -2.33. The van der Waals surface area contributed by atoms with Crippen molar-refractivity contribution < 1.29 is 113 Å². The minimum absolute atomic E-state index is 0.113. The molecule has 0 bridgehead atoms. The van der Waals surface area contributed by atoms with Gasteiger partial charge in [-0.15, -0.1) is 0 Å². The number of esters is 3. The van der Waals surface area contributed by atoms with Crippen molar-refractivity contribution in [1.82, 2.24) is 0 Å². The van der Waals surface area contributed by atoms with Crippen LogP contribution in [0, 0.1) is 5.92 Å². The van der Waals surface area contributed by atoms with E-state index in [0.29, 0.717) is 16.7 Å². The summed E-state index contributed by atoms with van der Waals surface area (Å²) in [4.78, 5) is 40.9. The van der Waals surface area contributed by atoms with E-state index >= 15 is 0 Å². The lowest BCUT2D eigenvalue weighted by molar-refractivity contribution is -0.327. The fraction of sp³-hybridized carbons (Fsp3) is 0.531. The molecule has 0 unspecified atom stereocenters. The Labute approximate surface area is 412 Å². The maximum Gasteiger partial charge on any atom is 0.339 e. The van der Waals surface area contributed by atoms with Crippen LogP contribution in [0.4, 0.5) is 0 Å². The van der Waals surface area contributed by atoms with Gasteiger partial charge < -0.3 is 98.8 Å². The number of carbonyl (C=O) groups is 3. The molecule has 3 aliphatic heterocycles. The number of ether oxygens (including phenoxy) is 9. The summed E-state index contributed by atoms with van der Waals surface area (Å²) in [6.07, 6.45) is -23.0. The molecule has 16 atom stereocenters. The number of aliphatic hydroxyl groups excluding tert-OH is 11. The van der Waals surface area contributed by atoms with E-state index in [1.165, 1.54) is 54.6 Å². The Morgan fingerprint density at radius 3 is 1.51 bits per heavy atom. The number of hydrogen-bond donors (Lipinski definition) is 11. The Morgan fingerprint density at radius 1 is 0.569 bits per heavy atom. The SMILES string of the molecule is CC(C)C[C@](CC(=O)OCc1ccc(O[C@@H]2O[C@H](CO)[C@@H](O)[C@H](O)[C@H]2O)cc1)(O[C@@H]1O[C@H](COC(=O)C=Cc2ccccc2)[C@@H](O)[C@H](O)[C@H]1O)C(=O)OCc1ccc(O[C@@H]2O[C@H](CO)[C@@H](O)[C@H](O)[C@H]2O)cc1. The van der Waals surface area contributed by atoms with Gasteiger partial charge in [0.05, 0.1) is 19.6 Å². The summed E-state index contributed by atoms with van der Waals surface area (Å²) < 4.78 is 50.7. The molecule has 3 aromatic carbocycles. The third-order valence-electron chi connectivity index (χ3n) is 12.0. The molecule has 0 amide bonds. The Bertz CT molecular complexity index is 2210. The average molecular weight is 1020 g/mol. The van der Waals surface area contributed by atoms with E-state index < -0.39 is 154 Å². The molecule has 0 aliphatic carbocycles. The van der Waals surface area contributed by atoms with Crippen molar-refractivity contribution in [3.05, 3.63) is 102 Å². The fourth-order valence-electron chi connectivity index (χ4n) is 7.99. The van der Waals surface area contributed by atoms with E-state index in [1.54, 1.807) is 44.2 Å². The average Bonchev–Trinajstić information content (AvgIpc) is 3.37. The number of rotatable bonds is 21. The number of carbonyl (C=O) groups excluding carboxylic acids is 3. The first-order chi connectivity index (χ1) is 34.3. The first kappa shape index (κ1) is 56.1. The molecular weight excluding hydrogens is 957 g/mol. The number of hydrogen-bond acceptors (Lipinski definition) is 23. The van der Waals surface area contributed by atoms with Crippen LogP contribution in [0.25, 0.3) is 6.08 Å². The van der Waals surface area contributed by atoms with E-state index in [4.69, 9.17) is 42.6 Å². The number of benzene rings is 3. The highest BCUT2D eigenvalue weighted by Gasteiger charge is 2.53. The molecule has 0 spiro atoms. The normalized spacial score (nSPS) is 31.6. The summed E-state index contributed by atoms with van der Waals surface area (Å²) in [5, 5.41) is 113. The van der Waals surface area contributed by atoms with E-state index in [0.717, 1.165) is 6.08 Å². The van der Waals surface area contributed by atoms with Gasteiger partial charge >= 0.3 is 17.9 Å². The highest BCUT2D eigenvalue weighted by Crippen LogP contribution is 2.35. The Morgan fingerprint density at radius 2 is 1.03 bits per heavy atom.